The number of alkyl carbamates (subject to hydrolysis) is 1. The number of aliphatic carboxylic acids is 1. The molecule has 9 N–H and O–H groups in total. The molecule has 27 nitrogen and oxygen atoms in total. The molecule has 442 valence electrons. The van der Waals surface area contributed by atoms with Crippen LogP contribution in [0.3, 0.4) is 0 Å². The number of aromatic nitrogens is 4. The summed E-state index contributed by atoms with van der Waals surface area (Å²) in [6, 6.07) is 10.8. The quantitative estimate of drug-likeness (QED) is 0.0132. The Hall–Kier alpha value is -8.13. The Morgan fingerprint density at radius 2 is 1.41 bits per heavy atom. The van der Waals surface area contributed by atoms with Gasteiger partial charge in [0.25, 0.3) is 5.88 Å². The number of imidazole rings is 1. The van der Waals surface area contributed by atoms with E-state index in [1.807, 2.05) is 38.1 Å². The second kappa shape index (κ2) is 35.5. The fourth-order valence-corrected chi connectivity index (χ4v) is 7.75. The summed E-state index contributed by atoms with van der Waals surface area (Å²) in [7, 11) is 0. The number of amides is 6. The molecule has 0 aliphatic heterocycles. The molecule has 0 saturated carbocycles. The van der Waals surface area contributed by atoms with E-state index in [0.29, 0.717) is 67.7 Å². The van der Waals surface area contributed by atoms with Gasteiger partial charge in [-0.15, -0.1) is 10.2 Å². The summed E-state index contributed by atoms with van der Waals surface area (Å²) in [4.78, 5) is 96.9. The third-order valence-corrected chi connectivity index (χ3v) is 12.1. The predicted molar refractivity (Wildman–Crippen MR) is 298 cm³/mol. The third kappa shape index (κ3) is 24.0. The van der Waals surface area contributed by atoms with Crippen LogP contribution in [0.25, 0.3) is 21.5 Å². The number of nitrogen functional groups attached to an aromatic ring is 1. The van der Waals surface area contributed by atoms with Gasteiger partial charge in [-0.3, -0.25) is 28.8 Å². The topological polar surface area (TPSA) is 376 Å². The maximum atomic E-state index is 13.5. The lowest BCUT2D eigenvalue weighted by molar-refractivity contribution is -0.138. The van der Waals surface area contributed by atoms with Crippen LogP contribution >= 0.6 is 0 Å². The Morgan fingerprint density at radius 3 is 2.06 bits per heavy atom. The molecule has 81 heavy (non-hydrogen) atoms. The van der Waals surface area contributed by atoms with Crippen molar-refractivity contribution in [1.29, 1.82) is 0 Å². The normalized spacial score (nSPS) is 12.2. The van der Waals surface area contributed by atoms with E-state index >= 15 is 0 Å². The molecule has 0 saturated heterocycles. The van der Waals surface area contributed by atoms with E-state index < -0.39 is 66.2 Å². The van der Waals surface area contributed by atoms with E-state index in [0.717, 1.165) is 36.2 Å². The fraction of sp³-hybridized carbons (Fsp3) is 0.556. The number of rotatable bonds is 38. The van der Waals surface area contributed by atoms with Crippen LogP contribution in [0.5, 0.6) is 5.88 Å². The van der Waals surface area contributed by atoms with E-state index in [9.17, 15) is 38.7 Å². The molecule has 0 radical (unpaired) electrons. The highest BCUT2D eigenvalue weighted by Crippen LogP contribution is 2.30. The highest BCUT2D eigenvalue weighted by Gasteiger charge is 2.31. The first-order valence-corrected chi connectivity index (χ1v) is 27.1. The van der Waals surface area contributed by atoms with Gasteiger partial charge in [-0.25, -0.2) is 9.78 Å². The van der Waals surface area contributed by atoms with Gasteiger partial charge in [-0.1, -0.05) is 68.7 Å². The molecule has 0 fully saturated rings. The number of hydrogen-bond acceptors (Lipinski definition) is 17. The molecule has 0 aliphatic rings. The zero-order valence-electron chi connectivity index (χ0n) is 47.0. The SMILES string of the molecule is CCCCc1nc2c(N)nnc(OC(C)C)c2n1Cc1ccc(CNC(=O)OCc2ccc(NC(=O)[C@H](C)NC(=O)[C@@H](NC(=O)[C@H](CCC(=O)O)NC(=O)CCCC(=O)NCCOCCOCCOCCN=[N+]=[N-])C(C)C)cc2)cc1. The molecule has 0 spiro atoms. The lowest BCUT2D eigenvalue weighted by Gasteiger charge is -2.26. The van der Waals surface area contributed by atoms with Gasteiger partial charge in [0.05, 0.1) is 45.7 Å². The zero-order chi connectivity index (χ0) is 59.1. The highest BCUT2D eigenvalue weighted by atomic mass is 16.6. The van der Waals surface area contributed by atoms with Crippen LogP contribution in [0.2, 0.25) is 0 Å². The summed E-state index contributed by atoms with van der Waals surface area (Å²) in [5, 5.41) is 36.9. The number of aryl methyl sites for hydroxylation is 1. The number of ether oxygens (including phenoxy) is 5. The molecule has 0 unspecified atom stereocenters. The van der Waals surface area contributed by atoms with Crippen molar-refractivity contribution in [2.75, 3.05) is 63.8 Å². The fourth-order valence-electron chi connectivity index (χ4n) is 7.75. The van der Waals surface area contributed by atoms with Gasteiger partial charge in [-0.05, 0) is 80.3 Å². The highest BCUT2D eigenvalue weighted by molar-refractivity contribution is 5.99. The minimum atomic E-state index is -1.31. The van der Waals surface area contributed by atoms with Gasteiger partial charge in [0, 0.05) is 62.5 Å². The van der Waals surface area contributed by atoms with Crippen LogP contribution in [0.1, 0.15) is 109 Å². The van der Waals surface area contributed by atoms with Gasteiger partial charge in [0.15, 0.2) is 5.82 Å². The lowest BCUT2D eigenvalue weighted by atomic mass is 10.0. The first-order valence-electron chi connectivity index (χ1n) is 27.1. The van der Waals surface area contributed by atoms with Crippen molar-refractivity contribution >= 4 is 64.1 Å². The van der Waals surface area contributed by atoms with Gasteiger partial charge < -0.3 is 71.0 Å². The Labute approximate surface area is 470 Å². The Kier molecular flexibility index (Phi) is 28.6. The molecule has 3 atom stereocenters. The molecule has 6 amide bonds. The van der Waals surface area contributed by atoms with Gasteiger partial charge in [0.1, 0.15) is 41.6 Å². The number of nitrogens with one attached hydrogen (secondary N) is 6. The van der Waals surface area contributed by atoms with E-state index in [-0.39, 0.29) is 76.4 Å². The summed E-state index contributed by atoms with van der Waals surface area (Å²) in [5.74, 6) is -3.21. The predicted octanol–water partition coefficient (Wildman–Crippen LogP) is 4.59. The van der Waals surface area contributed by atoms with Crippen LogP contribution in [0.15, 0.2) is 53.6 Å². The number of unbranched alkanes of at least 4 members (excludes halogenated alkanes) is 1. The van der Waals surface area contributed by atoms with Gasteiger partial charge in [-0.2, -0.15) is 0 Å². The summed E-state index contributed by atoms with van der Waals surface area (Å²) in [6.45, 7) is 13.7. The summed E-state index contributed by atoms with van der Waals surface area (Å²) < 4.78 is 29.5. The van der Waals surface area contributed by atoms with Crippen LogP contribution < -0.4 is 42.4 Å². The molecule has 2 heterocycles. The summed E-state index contributed by atoms with van der Waals surface area (Å²) >= 11 is 0. The maximum Gasteiger partial charge on any atom is 0.407 e. The van der Waals surface area contributed by atoms with Crippen molar-refractivity contribution in [1.82, 2.24) is 46.3 Å². The number of carbonyl (C=O) groups is 7. The van der Waals surface area contributed by atoms with Gasteiger partial charge in [0.2, 0.25) is 29.5 Å². The number of carboxylic acid groups (broad SMARTS) is 1. The molecule has 2 aromatic heterocycles. The van der Waals surface area contributed by atoms with Crippen molar-refractivity contribution in [2.24, 2.45) is 11.0 Å². The van der Waals surface area contributed by atoms with Crippen LogP contribution in [-0.2, 0) is 73.8 Å². The second-order valence-electron chi connectivity index (χ2n) is 19.4. The molecule has 4 aromatic rings. The number of fused-ring (bicyclic) bond motifs is 1. The molecule has 0 bridgehead atoms. The number of anilines is 2. The smallest absolute Gasteiger partial charge is 0.407 e. The lowest BCUT2D eigenvalue weighted by Crippen LogP contribution is -2.57. The van der Waals surface area contributed by atoms with Crippen LogP contribution in [-0.4, -0.2) is 143 Å². The second-order valence-corrected chi connectivity index (χ2v) is 19.4. The molecule has 27 heteroatoms. The number of benzene rings is 2. The van der Waals surface area contributed by atoms with E-state index in [1.54, 1.807) is 38.1 Å². The van der Waals surface area contributed by atoms with Crippen LogP contribution in [0, 0.1) is 5.92 Å². The van der Waals surface area contributed by atoms with Crippen molar-refractivity contribution in [2.45, 2.75) is 137 Å². The van der Waals surface area contributed by atoms with Crippen molar-refractivity contribution in [3.05, 3.63) is 81.5 Å². The number of carbonyl (C=O) groups excluding carboxylic acids is 6. The van der Waals surface area contributed by atoms with Crippen LogP contribution in [0.4, 0.5) is 16.3 Å². The minimum absolute atomic E-state index is 0.00290. The van der Waals surface area contributed by atoms with E-state index in [2.05, 4.69) is 63.6 Å². The molecular weight excluding hydrogens is 1050 g/mol. The average Bonchev–Trinajstić information content (AvgIpc) is 4.08. The Morgan fingerprint density at radius 1 is 0.753 bits per heavy atom. The van der Waals surface area contributed by atoms with Crippen molar-refractivity contribution in [3.8, 4) is 5.88 Å². The molecule has 4 rings (SSSR count). The largest absolute Gasteiger partial charge is 0.481 e. The maximum absolute atomic E-state index is 13.5. The molecule has 2 aromatic carbocycles. The van der Waals surface area contributed by atoms with E-state index in [4.69, 9.17) is 39.9 Å². The third-order valence-electron chi connectivity index (χ3n) is 12.1. The standard InChI is InChI=1S/C54H78N14O13/c1-7-8-10-42-63-47-48(53(81-35(4)5)66-65-49(47)55)68(42)32-38-15-13-37(14-16-38)31-58-54(76)80-33-39-17-19-40(20-18-39)61-50(73)36(6)60-52(75)46(34(2)3)64-51(74)41(21-22-45(71)72)62-44(70)12-9-11-43(69)57-23-25-77-27-29-79-30-28-78-26-24-59-67-56/h13-20,34-36,41,46H,7-12,21-33H2,1-6H3,(H2,55,65)(H,57,69)(H,58,76)(H,60,75)(H,61,73)(H,62,70)(H,64,74)(H,71,72)/t36-,41-,46-/m0/s1. The Bertz CT molecular complexity index is 2720. The molecular formula is C54H78N14O13. The minimum Gasteiger partial charge on any atom is -0.481 e. The average molecular weight is 1130 g/mol. The number of nitrogens with zero attached hydrogens (tertiary/aromatic N) is 7. The van der Waals surface area contributed by atoms with Crippen molar-refractivity contribution in [3.63, 3.8) is 0 Å². The first-order chi connectivity index (χ1) is 38.9. The number of carboxylic acids is 1. The van der Waals surface area contributed by atoms with E-state index in [1.165, 1.54) is 6.92 Å². The summed E-state index contributed by atoms with van der Waals surface area (Å²) in [5.41, 5.74) is 18.6. The van der Waals surface area contributed by atoms with Gasteiger partial charge >= 0.3 is 12.1 Å². The number of azide groups is 1. The Balaban J connectivity index is 1.17. The molecule has 0 aliphatic carbocycles. The first kappa shape index (κ1) is 65.4. The number of hydrogen-bond donors (Lipinski definition) is 8. The monoisotopic (exact) mass is 1130 g/mol. The van der Waals surface area contributed by atoms with Crippen molar-refractivity contribution < 1.29 is 62.4 Å². The number of nitrogens with two attached hydrogens (primary N) is 1. The summed E-state index contributed by atoms with van der Waals surface area (Å²) in [6.07, 6.45) is 1.18. The zero-order valence-corrected chi connectivity index (χ0v) is 47.0.